The molecular weight excluding hydrogens is 248 g/mol. The molecule has 0 saturated heterocycles. The number of nitrogens with zero attached hydrogens (tertiary/aromatic N) is 2. The summed E-state index contributed by atoms with van der Waals surface area (Å²) in [6.45, 7) is 2.18. The fourth-order valence-corrected chi connectivity index (χ4v) is 1.33. The van der Waals surface area contributed by atoms with Gasteiger partial charge >= 0.3 is 6.01 Å². The number of amides is 1. The van der Waals surface area contributed by atoms with Gasteiger partial charge in [-0.15, -0.1) is 5.10 Å². The summed E-state index contributed by atoms with van der Waals surface area (Å²) in [6.07, 6.45) is 0. The summed E-state index contributed by atoms with van der Waals surface area (Å²) in [4.78, 5) is 15.5. The SMILES string of the molecule is CCOc1n[nH]c(NC(=O)COc2ccccc2)n1. The number of carbonyl (C=O) groups is 1. The van der Waals surface area contributed by atoms with E-state index < -0.39 is 0 Å². The molecule has 0 bridgehead atoms. The summed E-state index contributed by atoms with van der Waals surface area (Å²) in [7, 11) is 0. The third-order valence-corrected chi connectivity index (χ3v) is 2.11. The number of anilines is 1. The lowest BCUT2D eigenvalue weighted by Crippen LogP contribution is -2.20. The van der Waals surface area contributed by atoms with E-state index in [1.165, 1.54) is 0 Å². The molecule has 100 valence electrons. The molecule has 0 aliphatic heterocycles. The Morgan fingerprint density at radius 2 is 2.11 bits per heavy atom. The normalized spacial score (nSPS) is 9.95. The molecule has 0 atom stereocenters. The van der Waals surface area contributed by atoms with Crippen molar-refractivity contribution < 1.29 is 14.3 Å². The second-order valence-electron chi connectivity index (χ2n) is 3.55. The second-order valence-corrected chi connectivity index (χ2v) is 3.55. The molecule has 1 aromatic carbocycles. The lowest BCUT2D eigenvalue weighted by atomic mass is 10.3. The Balaban J connectivity index is 1.80. The largest absolute Gasteiger partial charge is 0.484 e. The van der Waals surface area contributed by atoms with Crippen LogP contribution in [-0.2, 0) is 4.79 Å². The second kappa shape index (κ2) is 6.39. The molecule has 7 nitrogen and oxygen atoms in total. The Morgan fingerprint density at radius 1 is 1.32 bits per heavy atom. The van der Waals surface area contributed by atoms with Crippen molar-refractivity contribution in [1.29, 1.82) is 0 Å². The standard InChI is InChI=1S/C12H14N4O3/c1-2-18-12-14-11(15-16-12)13-10(17)8-19-9-6-4-3-5-7-9/h3-7H,2,8H2,1H3,(H2,13,14,15,16,17). The van der Waals surface area contributed by atoms with Crippen molar-refractivity contribution in [2.75, 3.05) is 18.5 Å². The molecule has 0 aliphatic rings. The van der Waals surface area contributed by atoms with E-state index in [0.717, 1.165) is 0 Å². The van der Waals surface area contributed by atoms with Gasteiger partial charge in [-0.25, -0.2) is 5.10 Å². The zero-order valence-electron chi connectivity index (χ0n) is 10.4. The van der Waals surface area contributed by atoms with E-state index in [2.05, 4.69) is 20.5 Å². The van der Waals surface area contributed by atoms with E-state index in [1.807, 2.05) is 25.1 Å². The first-order valence-electron chi connectivity index (χ1n) is 5.81. The third kappa shape index (κ3) is 3.98. The zero-order valence-corrected chi connectivity index (χ0v) is 10.4. The minimum Gasteiger partial charge on any atom is -0.484 e. The number of rotatable bonds is 6. The van der Waals surface area contributed by atoms with Crippen molar-refractivity contribution in [3.63, 3.8) is 0 Å². The molecule has 0 fully saturated rings. The van der Waals surface area contributed by atoms with Gasteiger partial charge in [-0.05, 0) is 19.1 Å². The molecule has 1 heterocycles. The molecule has 0 spiro atoms. The van der Waals surface area contributed by atoms with E-state index in [-0.39, 0.29) is 24.5 Å². The Labute approximate surface area is 110 Å². The van der Waals surface area contributed by atoms with Gasteiger partial charge in [0.25, 0.3) is 5.91 Å². The molecule has 0 aliphatic carbocycles. The van der Waals surface area contributed by atoms with Crippen LogP contribution in [0.3, 0.4) is 0 Å². The van der Waals surface area contributed by atoms with Crippen LogP contribution in [0.1, 0.15) is 6.92 Å². The average molecular weight is 262 g/mol. The number of benzene rings is 1. The summed E-state index contributed by atoms with van der Waals surface area (Å²) in [5.74, 6) is 0.526. The summed E-state index contributed by atoms with van der Waals surface area (Å²) >= 11 is 0. The van der Waals surface area contributed by atoms with Gasteiger partial charge in [-0.2, -0.15) is 4.98 Å². The van der Waals surface area contributed by atoms with Gasteiger partial charge in [0.1, 0.15) is 5.75 Å². The fourth-order valence-electron chi connectivity index (χ4n) is 1.33. The van der Waals surface area contributed by atoms with Crippen LogP contribution in [0.25, 0.3) is 0 Å². The number of aromatic nitrogens is 3. The maximum absolute atomic E-state index is 11.6. The lowest BCUT2D eigenvalue weighted by molar-refractivity contribution is -0.118. The van der Waals surface area contributed by atoms with Crippen molar-refractivity contribution >= 4 is 11.9 Å². The Hall–Kier alpha value is -2.57. The molecule has 2 N–H and O–H groups in total. The van der Waals surface area contributed by atoms with Crippen LogP contribution in [0.15, 0.2) is 30.3 Å². The summed E-state index contributed by atoms with van der Waals surface area (Å²) < 4.78 is 10.4. The number of hydrogen-bond acceptors (Lipinski definition) is 5. The van der Waals surface area contributed by atoms with Gasteiger partial charge < -0.3 is 9.47 Å². The topological polar surface area (TPSA) is 89.1 Å². The summed E-state index contributed by atoms with van der Waals surface area (Å²) in [6, 6.07) is 9.28. The number of hydrogen-bond donors (Lipinski definition) is 2. The average Bonchev–Trinajstić information content (AvgIpc) is 2.85. The number of aromatic amines is 1. The molecule has 19 heavy (non-hydrogen) atoms. The molecule has 2 aromatic rings. The van der Waals surface area contributed by atoms with Crippen molar-refractivity contribution in [2.24, 2.45) is 0 Å². The Bertz CT molecular complexity index is 527. The highest BCUT2D eigenvalue weighted by Crippen LogP contribution is 2.08. The van der Waals surface area contributed by atoms with Crippen LogP contribution in [0.4, 0.5) is 5.95 Å². The van der Waals surface area contributed by atoms with Crippen LogP contribution >= 0.6 is 0 Å². The van der Waals surface area contributed by atoms with Crippen LogP contribution in [-0.4, -0.2) is 34.3 Å². The first-order chi connectivity index (χ1) is 9.28. The predicted molar refractivity (Wildman–Crippen MR) is 68.1 cm³/mol. The number of ether oxygens (including phenoxy) is 2. The molecule has 0 unspecified atom stereocenters. The van der Waals surface area contributed by atoms with Crippen molar-refractivity contribution in [2.45, 2.75) is 6.92 Å². The zero-order chi connectivity index (χ0) is 13.5. The Morgan fingerprint density at radius 3 is 2.84 bits per heavy atom. The van der Waals surface area contributed by atoms with Gasteiger partial charge in [0, 0.05) is 0 Å². The van der Waals surface area contributed by atoms with Crippen molar-refractivity contribution in [1.82, 2.24) is 15.2 Å². The van der Waals surface area contributed by atoms with E-state index in [0.29, 0.717) is 12.4 Å². The number of carbonyl (C=O) groups excluding carboxylic acids is 1. The quantitative estimate of drug-likeness (QED) is 0.817. The Kier molecular flexibility index (Phi) is 4.33. The molecule has 1 aromatic heterocycles. The fraction of sp³-hybridized carbons (Fsp3) is 0.250. The maximum Gasteiger partial charge on any atom is 0.337 e. The molecule has 7 heteroatoms. The molecule has 0 radical (unpaired) electrons. The van der Waals surface area contributed by atoms with Gasteiger partial charge in [0.15, 0.2) is 6.61 Å². The van der Waals surface area contributed by atoms with E-state index in [9.17, 15) is 4.79 Å². The summed E-state index contributed by atoms with van der Waals surface area (Å²) in [5, 5.41) is 8.83. The number of H-pyrrole nitrogens is 1. The third-order valence-electron chi connectivity index (χ3n) is 2.11. The van der Waals surface area contributed by atoms with Gasteiger partial charge in [-0.3, -0.25) is 10.1 Å². The maximum atomic E-state index is 11.6. The van der Waals surface area contributed by atoms with Crippen LogP contribution in [0.5, 0.6) is 11.8 Å². The van der Waals surface area contributed by atoms with Crippen LogP contribution < -0.4 is 14.8 Å². The van der Waals surface area contributed by atoms with Crippen molar-refractivity contribution in [3.05, 3.63) is 30.3 Å². The first kappa shape index (κ1) is 12.9. The van der Waals surface area contributed by atoms with Crippen LogP contribution in [0, 0.1) is 0 Å². The predicted octanol–water partition coefficient (Wildman–Crippen LogP) is 1.22. The summed E-state index contributed by atoms with van der Waals surface area (Å²) in [5.41, 5.74) is 0. The van der Waals surface area contributed by atoms with Gasteiger partial charge in [-0.1, -0.05) is 18.2 Å². The molecule has 1 amide bonds. The van der Waals surface area contributed by atoms with E-state index in [4.69, 9.17) is 9.47 Å². The lowest BCUT2D eigenvalue weighted by Gasteiger charge is -2.04. The molecular formula is C12H14N4O3. The molecule has 2 rings (SSSR count). The minimum absolute atomic E-state index is 0.102. The first-order valence-corrected chi connectivity index (χ1v) is 5.81. The monoisotopic (exact) mass is 262 g/mol. The van der Waals surface area contributed by atoms with Crippen molar-refractivity contribution in [3.8, 4) is 11.8 Å². The smallest absolute Gasteiger partial charge is 0.337 e. The van der Waals surface area contributed by atoms with Gasteiger partial charge in [0.2, 0.25) is 5.95 Å². The van der Waals surface area contributed by atoms with E-state index >= 15 is 0 Å². The molecule has 0 saturated carbocycles. The van der Waals surface area contributed by atoms with Gasteiger partial charge in [0.05, 0.1) is 6.61 Å². The minimum atomic E-state index is -0.331. The number of nitrogens with one attached hydrogen (secondary N) is 2. The number of para-hydroxylation sites is 1. The highest BCUT2D eigenvalue weighted by atomic mass is 16.5. The highest BCUT2D eigenvalue weighted by molar-refractivity contribution is 5.90. The van der Waals surface area contributed by atoms with E-state index in [1.54, 1.807) is 12.1 Å². The van der Waals surface area contributed by atoms with Crippen LogP contribution in [0.2, 0.25) is 0 Å². The highest BCUT2D eigenvalue weighted by Gasteiger charge is 2.08.